The molecule has 2 heterocycles. The molecule has 3 aromatic rings. The first-order chi connectivity index (χ1) is 9.81. The Hall–Kier alpha value is -1.62. The van der Waals surface area contributed by atoms with E-state index < -0.39 is 0 Å². The number of hydrogen-bond acceptors (Lipinski definition) is 3. The molecule has 1 N–H and O–H groups in total. The van der Waals surface area contributed by atoms with Gasteiger partial charge in [0.1, 0.15) is 17.3 Å². The highest BCUT2D eigenvalue weighted by molar-refractivity contribution is 7.09. The fraction of sp³-hybridized carbons (Fsp3) is 0.125. The van der Waals surface area contributed by atoms with E-state index in [1.165, 1.54) is 17.0 Å². The van der Waals surface area contributed by atoms with Crippen LogP contribution < -0.4 is 17.7 Å². The Morgan fingerprint density at radius 2 is 1.81 bits per heavy atom. The summed E-state index contributed by atoms with van der Waals surface area (Å²) in [4.78, 5) is 1.30. The largest absolute Gasteiger partial charge is 1.00 e. The summed E-state index contributed by atoms with van der Waals surface area (Å²) in [6.45, 7) is 1.52. The van der Waals surface area contributed by atoms with Crippen molar-refractivity contribution >= 4 is 11.3 Å². The van der Waals surface area contributed by atoms with Crippen LogP contribution in [-0.2, 0) is 13.1 Å². The predicted molar refractivity (Wildman–Crippen MR) is 79.0 cm³/mol. The third kappa shape index (κ3) is 4.17. The van der Waals surface area contributed by atoms with Gasteiger partial charge in [-0.15, -0.1) is 11.3 Å². The van der Waals surface area contributed by atoms with Crippen LogP contribution in [0, 0.1) is 5.82 Å². The SMILES string of the molecule is Fc1ccc(-c2ccc(CNCc3cccs3)o2)cc1.[Cl-]. The Morgan fingerprint density at radius 1 is 1.00 bits per heavy atom. The minimum Gasteiger partial charge on any atom is -1.00 e. The summed E-state index contributed by atoms with van der Waals surface area (Å²) in [7, 11) is 0. The van der Waals surface area contributed by atoms with Crippen LogP contribution in [0.1, 0.15) is 10.6 Å². The summed E-state index contributed by atoms with van der Waals surface area (Å²) in [6, 6.07) is 14.3. The average molecular weight is 323 g/mol. The molecular formula is C16H14ClFNOS-. The van der Waals surface area contributed by atoms with E-state index in [-0.39, 0.29) is 18.2 Å². The monoisotopic (exact) mass is 322 g/mol. The minimum absolute atomic E-state index is 0. The molecule has 0 saturated heterocycles. The quantitative estimate of drug-likeness (QED) is 0.769. The third-order valence-electron chi connectivity index (χ3n) is 2.97. The topological polar surface area (TPSA) is 25.2 Å². The van der Waals surface area contributed by atoms with Crippen LogP contribution in [0.15, 0.2) is 58.3 Å². The van der Waals surface area contributed by atoms with Crippen LogP contribution in [0.5, 0.6) is 0 Å². The van der Waals surface area contributed by atoms with Gasteiger partial charge >= 0.3 is 0 Å². The van der Waals surface area contributed by atoms with Crippen molar-refractivity contribution in [2.24, 2.45) is 0 Å². The summed E-state index contributed by atoms with van der Waals surface area (Å²) in [5, 5.41) is 5.40. The van der Waals surface area contributed by atoms with Gasteiger partial charge in [-0.05, 0) is 47.8 Å². The summed E-state index contributed by atoms with van der Waals surface area (Å²) in [5.74, 6) is 1.40. The van der Waals surface area contributed by atoms with Gasteiger partial charge in [0.2, 0.25) is 0 Å². The van der Waals surface area contributed by atoms with E-state index >= 15 is 0 Å². The number of thiophene rings is 1. The molecule has 0 amide bonds. The van der Waals surface area contributed by atoms with Crippen molar-refractivity contribution in [1.29, 1.82) is 0 Å². The summed E-state index contributed by atoms with van der Waals surface area (Å²) >= 11 is 1.73. The van der Waals surface area contributed by atoms with E-state index in [1.807, 2.05) is 18.2 Å². The van der Waals surface area contributed by atoms with E-state index in [4.69, 9.17) is 4.42 Å². The minimum atomic E-state index is -0.238. The van der Waals surface area contributed by atoms with E-state index in [0.717, 1.165) is 23.6 Å². The summed E-state index contributed by atoms with van der Waals surface area (Å²) < 4.78 is 18.6. The highest BCUT2D eigenvalue weighted by Crippen LogP contribution is 2.22. The Kier molecular flexibility index (Phi) is 5.56. The van der Waals surface area contributed by atoms with Gasteiger partial charge < -0.3 is 22.1 Å². The molecule has 0 radical (unpaired) electrons. The Morgan fingerprint density at radius 3 is 2.52 bits per heavy atom. The van der Waals surface area contributed by atoms with Gasteiger partial charge in [0.05, 0.1) is 6.54 Å². The maximum absolute atomic E-state index is 12.9. The van der Waals surface area contributed by atoms with Gasteiger partial charge in [-0.25, -0.2) is 4.39 Å². The lowest BCUT2D eigenvalue weighted by atomic mass is 10.2. The molecule has 1 aromatic carbocycles. The second-order valence-corrected chi connectivity index (χ2v) is 5.49. The number of nitrogens with one attached hydrogen (secondary N) is 1. The Bertz CT molecular complexity index is 664. The van der Waals surface area contributed by atoms with Crippen LogP contribution in [0.25, 0.3) is 11.3 Å². The first-order valence-corrected chi connectivity index (χ1v) is 7.27. The fourth-order valence-electron chi connectivity index (χ4n) is 1.96. The van der Waals surface area contributed by atoms with Gasteiger partial charge in [-0.1, -0.05) is 6.07 Å². The molecule has 0 saturated carbocycles. The number of benzene rings is 1. The van der Waals surface area contributed by atoms with E-state index in [1.54, 1.807) is 23.5 Å². The molecule has 0 bridgehead atoms. The van der Waals surface area contributed by atoms with Gasteiger partial charge in [0.25, 0.3) is 0 Å². The molecule has 21 heavy (non-hydrogen) atoms. The smallest absolute Gasteiger partial charge is 0.134 e. The van der Waals surface area contributed by atoms with Gasteiger partial charge in [-0.3, -0.25) is 0 Å². The van der Waals surface area contributed by atoms with Crippen molar-refractivity contribution in [3.63, 3.8) is 0 Å². The number of furan rings is 1. The van der Waals surface area contributed by atoms with Gasteiger partial charge in [0.15, 0.2) is 0 Å². The molecule has 0 aliphatic carbocycles. The standard InChI is InChI=1S/C16H14FNOS.ClH/c17-13-5-3-12(4-6-13)16-8-7-14(19-16)10-18-11-15-2-1-9-20-15;/h1-9,18H,10-11H2;1H/p-1. The van der Waals surface area contributed by atoms with Crippen molar-refractivity contribution in [3.05, 3.63) is 70.4 Å². The molecule has 0 atom stereocenters. The normalized spacial score (nSPS) is 10.3. The molecule has 0 aliphatic heterocycles. The molecule has 0 aliphatic rings. The molecule has 110 valence electrons. The van der Waals surface area contributed by atoms with Crippen molar-refractivity contribution in [1.82, 2.24) is 5.32 Å². The third-order valence-corrected chi connectivity index (χ3v) is 3.85. The molecule has 2 nitrogen and oxygen atoms in total. The van der Waals surface area contributed by atoms with Crippen LogP contribution in [-0.4, -0.2) is 0 Å². The zero-order valence-corrected chi connectivity index (χ0v) is 12.8. The number of halogens is 2. The summed E-state index contributed by atoms with van der Waals surface area (Å²) in [6.07, 6.45) is 0. The maximum atomic E-state index is 12.9. The molecule has 0 spiro atoms. The highest BCUT2D eigenvalue weighted by Gasteiger charge is 2.05. The van der Waals surface area contributed by atoms with E-state index in [9.17, 15) is 4.39 Å². The van der Waals surface area contributed by atoms with Crippen LogP contribution in [0.2, 0.25) is 0 Å². The highest BCUT2D eigenvalue weighted by atomic mass is 35.5. The van der Waals surface area contributed by atoms with Crippen molar-refractivity contribution in [2.75, 3.05) is 0 Å². The predicted octanol–water partition coefficient (Wildman–Crippen LogP) is 1.44. The fourth-order valence-corrected chi connectivity index (χ4v) is 2.64. The first kappa shape index (κ1) is 15.8. The lowest BCUT2D eigenvalue weighted by Gasteiger charge is -2.00. The van der Waals surface area contributed by atoms with Crippen LogP contribution >= 0.6 is 11.3 Å². The first-order valence-electron chi connectivity index (χ1n) is 6.39. The zero-order valence-electron chi connectivity index (χ0n) is 11.2. The molecule has 3 rings (SSSR count). The Balaban J connectivity index is 0.00000161. The van der Waals surface area contributed by atoms with Crippen LogP contribution in [0.4, 0.5) is 4.39 Å². The molecular weight excluding hydrogens is 309 g/mol. The van der Waals surface area contributed by atoms with Crippen LogP contribution in [0.3, 0.4) is 0 Å². The van der Waals surface area contributed by atoms with Crippen molar-refractivity contribution < 1.29 is 21.2 Å². The van der Waals surface area contributed by atoms with Gasteiger partial charge in [-0.2, -0.15) is 0 Å². The van der Waals surface area contributed by atoms with E-state index in [0.29, 0.717) is 6.54 Å². The Labute approximate surface area is 133 Å². The zero-order chi connectivity index (χ0) is 13.8. The lowest BCUT2D eigenvalue weighted by molar-refractivity contribution is -0.00000511. The second-order valence-electron chi connectivity index (χ2n) is 4.46. The average Bonchev–Trinajstić information content (AvgIpc) is 3.11. The lowest BCUT2D eigenvalue weighted by Crippen LogP contribution is -3.00. The summed E-state index contributed by atoms with van der Waals surface area (Å²) in [5.41, 5.74) is 0.885. The number of rotatable bonds is 5. The number of hydrogen-bond donors (Lipinski definition) is 1. The molecule has 0 unspecified atom stereocenters. The van der Waals surface area contributed by atoms with E-state index in [2.05, 4.69) is 16.8 Å². The molecule has 0 fully saturated rings. The molecule has 2 aromatic heterocycles. The maximum Gasteiger partial charge on any atom is 0.134 e. The second kappa shape index (κ2) is 7.41. The molecule has 5 heteroatoms. The van der Waals surface area contributed by atoms with Crippen molar-refractivity contribution in [3.8, 4) is 11.3 Å². The van der Waals surface area contributed by atoms with Crippen molar-refractivity contribution in [2.45, 2.75) is 13.1 Å². The van der Waals surface area contributed by atoms with Gasteiger partial charge in [0, 0.05) is 17.0 Å².